The van der Waals surface area contributed by atoms with Crippen molar-refractivity contribution in [3.8, 4) is 0 Å². The Balaban J connectivity index is 1.47. The number of benzene rings is 1. The SMILES string of the molecule is N[C@@H](CC1CCCCC1)CN1Cc2ccccc2C1. The maximum atomic E-state index is 6.38. The molecule has 19 heavy (non-hydrogen) atoms. The topological polar surface area (TPSA) is 29.3 Å². The molecular formula is C17H26N2. The zero-order chi connectivity index (χ0) is 13.1. The number of fused-ring (bicyclic) bond motifs is 1. The van der Waals surface area contributed by atoms with E-state index in [1.54, 1.807) is 0 Å². The summed E-state index contributed by atoms with van der Waals surface area (Å²) < 4.78 is 0. The minimum absolute atomic E-state index is 0.359. The molecule has 0 saturated heterocycles. The minimum atomic E-state index is 0.359. The van der Waals surface area contributed by atoms with Crippen molar-refractivity contribution >= 4 is 0 Å². The normalized spacial score (nSPS) is 22.4. The van der Waals surface area contributed by atoms with Gasteiger partial charge < -0.3 is 5.73 Å². The van der Waals surface area contributed by atoms with Crippen LogP contribution >= 0.6 is 0 Å². The molecule has 0 radical (unpaired) electrons. The fourth-order valence-corrected chi connectivity index (χ4v) is 3.79. The Morgan fingerprint density at radius 2 is 1.68 bits per heavy atom. The van der Waals surface area contributed by atoms with Crippen LogP contribution in [0, 0.1) is 5.92 Å². The largest absolute Gasteiger partial charge is 0.327 e. The molecule has 3 rings (SSSR count). The van der Waals surface area contributed by atoms with Crippen LogP contribution in [0.4, 0.5) is 0 Å². The summed E-state index contributed by atoms with van der Waals surface area (Å²) in [4.78, 5) is 2.51. The highest BCUT2D eigenvalue weighted by Gasteiger charge is 2.22. The lowest BCUT2D eigenvalue weighted by molar-refractivity contribution is 0.234. The first kappa shape index (κ1) is 13.1. The predicted octanol–water partition coefficient (Wildman–Crippen LogP) is 3.30. The van der Waals surface area contributed by atoms with E-state index in [0.717, 1.165) is 25.6 Å². The number of hydrogen-bond acceptors (Lipinski definition) is 2. The molecule has 1 aliphatic heterocycles. The highest BCUT2D eigenvalue weighted by atomic mass is 15.1. The van der Waals surface area contributed by atoms with Gasteiger partial charge in [0.25, 0.3) is 0 Å². The molecule has 1 saturated carbocycles. The Morgan fingerprint density at radius 1 is 1.05 bits per heavy atom. The molecule has 1 aromatic rings. The van der Waals surface area contributed by atoms with Gasteiger partial charge >= 0.3 is 0 Å². The van der Waals surface area contributed by atoms with Crippen LogP contribution in [0.3, 0.4) is 0 Å². The second-order valence-electron chi connectivity index (χ2n) is 6.44. The average molecular weight is 258 g/mol. The Morgan fingerprint density at radius 3 is 2.32 bits per heavy atom. The lowest BCUT2D eigenvalue weighted by Crippen LogP contribution is -2.36. The maximum Gasteiger partial charge on any atom is 0.0241 e. The second-order valence-corrected chi connectivity index (χ2v) is 6.44. The first-order chi connectivity index (χ1) is 9.31. The molecule has 1 aliphatic carbocycles. The summed E-state index contributed by atoms with van der Waals surface area (Å²) in [6.07, 6.45) is 8.33. The van der Waals surface area contributed by atoms with Crippen molar-refractivity contribution in [2.24, 2.45) is 11.7 Å². The van der Waals surface area contributed by atoms with Crippen molar-refractivity contribution in [2.75, 3.05) is 6.54 Å². The van der Waals surface area contributed by atoms with Gasteiger partial charge in [0, 0.05) is 25.7 Å². The zero-order valence-corrected chi connectivity index (χ0v) is 11.9. The van der Waals surface area contributed by atoms with Gasteiger partial charge in [0.15, 0.2) is 0 Å². The molecule has 0 aromatic heterocycles. The monoisotopic (exact) mass is 258 g/mol. The van der Waals surface area contributed by atoms with Crippen LogP contribution in [0.2, 0.25) is 0 Å². The molecule has 1 aromatic carbocycles. The van der Waals surface area contributed by atoms with Crippen molar-refractivity contribution < 1.29 is 0 Å². The smallest absolute Gasteiger partial charge is 0.0241 e. The van der Waals surface area contributed by atoms with Gasteiger partial charge in [-0.05, 0) is 23.5 Å². The van der Waals surface area contributed by atoms with Gasteiger partial charge in [0.1, 0.15) is 0 Å². The van der Waals surface area contributed by atoms with Crippen molar-refractivity contribution in [3.63, 3.8) is 0 Å². The Labute approximate surface area is 117 Å². The zero-order valence-electron chi connectivity index (χ0n) is 11.9. The van der Waals surface area contributed by atoms with E-state index < -0.39 is 0 Å². The first-order valence-corrected chi connectivity index (χ1v) is 7.86. The quantitative estimate of drug-likeness (QED) is 0.898. The fourth-order valence-electron chi connectivity index (χ4n) is 3.79. The lowest BCUT2D eigenvalue weighted by atomic mass is 9.85. The number of rotatable bonds is 4. The molecular weight excluding hydrogens is 232 g/mol. The van der Waals surface area contributed by atoms with E-state index in [1.807, 2.05) is 0 Å². The molecule has 1 atom stereocenters. The molecule has 0 spiro atoms. The van der Waals surface area contributed by atoms with Crippen LogP contribution in [0.15, 0.2) is 24.3 Å². The Kier molecular flexibility index (Phi) is 4.19. The summed E-state index contributed by atoms with van der Waals surface area (Å²) in [6, 6.07) is 9.15. The van der Waals surface area contributed by atoms with Crippen LogP contribution in [-0.2, 0) is 13.1 Å². The lowest BCUT2D eigenvalue weighted by Gasteiger charge is -2.27. The van der Waals surface area contributed by atoms with E-state index in [9.17, 15) is 0 Å². The summed E-state index contributed by atoms with van der Waals surface area (Å²) in [5, 5.41) is 0. The van der Waals surface area contributed by atoms with Gasteiger partial charge in [-0.15, -0.1) is 0 Å². The summed E-state index contributed by atoms with van der Waals surface area (Å²) in [5.74, 6) is 0.897. The van der Waals surface area contributed by atoms with Crippen LogP contribution in [-0.4, -0.2) is 17.5 Å². The maximum absolute atomic E-state index is 6.38. The van der Waals surface area contributed by atoms with Crippen molar-refractivity contribution in [1.29, 1.82) is 0 Å². The Bertz CT molecular complexity index is 384. The molecule has 1 heterocycles. The van der Waals surface area contributed by atoms with Gasteiger partial charge in [0.2, 0.25) is 0 Å². The summed E-state index contributed by atoms with van der Waals surface area (Å²) in [6.45, 7) is 3.24. The van der Waals surface area contributed by atoms with E-state index in [1.165, 1.54) is 49.7 Å². The number of nitrogens with zero attached hydrogens (tertiary/aromatic N) is 1. The van der Waals surface area contributed by atoms with E-state index in [-0.39, 0.29) is 0 Å². The summed E-state index contributed by atoms with van der Waals surface area (Å²) >= 11 is 0. The highest BCUT2D eigenvalue weighted by Crippen LogP contribution is 2.28. The molecule has 2 heteroatoms. The van der Waals surface area contributed by atoms with Gasteiger partial charge in [-0.2, -0.15) is 0 Å². The molecule has 2 aliphatic rings. The second kappa shape index (κ2) is 6.06. The highest BCUT2D eigenvalue weighted by molar-refractivity contribution is 5.30. The van der Waals surface area contributed by atoms with E-state index in [4.69, 9.17) is 5.73 Å². The van der Waals surface area contributed by atoms with E-state index in [0.29, 0.717) is 6.04 Å². The fraction of sp³-hybridized carbons (Fsp3) is 0.647. The summed E-state index contributed by atoms with van der Waals surface area (Å²) in [7, 11) is 0. The molecule has 2 N–H and O–H groups in total. The number of hydrogen-bond donors (Lipinski definition) is 1. The van der Waals surface area contributed by atoms with Crippen LogP contribution in [0.1, 0.15) is 49.7 Å². The van der Waals surface area contributed by atoms with Crippen molar-refractivity contribution in [2.45, 2.75) is 57.7 Å². The van der Waals surface area contributed by atoms with Gasteiger partial charge in [-0.1, -0.05) is 56.4 Å². The van der Waals surface area contributed by atoms with Crippen LogP contribution in [0.25, 0.3) is 0 Å². The molecule has 0 unspecified atom stereocenters. The van der Waals surface area contributed by atoms with Gasteiger partial charge in [-0.25, -0.2) is 0 Å². The minimum Gasteiger partial charge on any atom is -0.327 e. The number of nitrogens with two attached hydrogens (primary N) is 1. The third-order valence-corrected chi connectivity index (χ3v) is 4.76. The molecule has 1 fully saturated rings. The molecule has 2 nitrogen and oxygen atoms in total. The third kappa shape index (κ3) is 3.37. The average Bonchev–Trinajstić information content (AvgIpc) is 2.81. The van der Waals surface area contributed by atoms with Crippen LogP contribution < -0.4 is 5.73 Å². The van der Waals surface area contributed by atoms with Gasteiger partial charge in [0.05, 0.1) is 0 Å². The first-order valence-electron chi connectivity index (χ1n) is 7.86. The van der Waals surface area contributed by atoms with Crippen molar-refractivity contribution in [3.05, 3.63) is 35.4 Å². The molecule has 104 valence electrons. The van der Waals surface area contributed by atoms with E-state index in [2.05, 4.69) is 29.2 Å². The Hall–Kier alpha value is -0.860. The molecule has 0 bridgehead atoms. The van der Waals surface area contributed by atoms with Crippen molar-refractivity contribution in [1.82, 2.24) is 4.90 Å². The predicted molar refractivity (Wildman–Crippen MR) is 79.7 cm³/mol. The van der Waals surface area contributed by atoms with Crippen LogP contribution in [0.5, 0.6) is 0 Å². The third-order valence-electron chi connectivity index (χ3n) is 4.76. The standard InChI is InChI=1S/C17H26N2/c18-17(10-14-6-2-1-3-7-14)13-19-11-15-8-4-5-9-16(15)12-19/h4-5,8-9,14,17H,1-3,6-7,10-13,18H2/t17-/m0/s1. The molecule has 0 amide bonds. The summed E-state index contributed by atoms with van der Waals surface area (Å²) in [5.41, 5.74) is 9.36. The van der Waals surface area contributed by atoms with E-state index >= 15 is 0 Å². The van der Waals surface area contributed by atoms with Gasteiger partial charge in [-0.3, -0.25) is 4.90 Å².